The molecule has 2 aromatic carbocycles. The van der Waals surface area contributed by atoms with Crippen LogP contribution in [0.5, 0.6) is 0 Å². The summed E-state index contributed by atoms with van der Waals surface area (Å²) in [6, 6.07) is 6.71. The van der Waals surface area contributed by atoms with Gasteiger partial charge in [-0.2, -0.15) is 0 Å². The maximum Gasteiger partial charge on any atom is 0.0895 e. The number of benzene rings is 2. The predicted octanol–water partition coefficient (Wildman–Crippen LogP) is 5.84. The molecule has 1 aliphatic heterocycles. The number of rotatable bonds is 0. The van der Waals surface area contributed by atoms with E-state index in [0.29, 0.717) is 0 Å². The average molecular weight is 353 g/mol. The van der Waals surface area contributed by atoms with E-state index in [1.165, 1.54) is 61.4 Å². The molecule has 1 aromatic heterocycles. The Balaban J connectivity index is 1.82. The van der Waals surface area contributed by atoms with E-state index in [1.807, 2.05) is 0 Å². The first-order valence-corrected chi connectivity index (χ1v) is 9.90. The molecule has 3 nitrogen and oxygen atoms in total. The number of H-pyrrole nitrogens is 1. The average Bonchev–Trinajstić information content (AvgIpc) is 3.07. The number of nitrogens with one attached hydrogen (secondary N) is 2. The highest BCUT2D eigenvalue weighted by Crippen LogP contribution is 2.50. The number of anilines is 2. The molecule has 0 saturated carbocycles. The summed E-state index contributed by atoms with van der Waals surface area (Å²) in [5.41, 5.74) is 17.1. The van der Waals surface area contributed by atoms with Crippen molar-refractivity contribution in [3.63, 3.8) is 0 Å². The number of fused-ring (bicyclic) bond motifs is 10. The fourth-order valence-corrected chi connectivity index (χ4v) is 5.12. The minimum Gasteiger partial charge on any atom is -0.353 e. The summed E-state index contributed by atoms with van der Waals surface area (Å²) in [5, 5.41) is 3.67. The van der Waals surface area contributed by atoms with E-state index in [9.17, 15) is 0 Å². The highest BCUT2D eigenvalue weighted by atomic mass is 15.5. The van der Waals surface area contributed by atoms with Crippen molar-refractivity contribution in [2.75, 3.05) is 17.5 Å². The molecule has 0 saturated heterocycles. The van der Waals surface area contributed by atoms with E-state index < -0.39 is 0 Å². The summed E-state index contributed by atoms with van der Waals surface area (Å²) < 4.78 is 0. The van der Waals surface area contributed by atoms with Crippen LogP contribution >= 0.6 is 0 Å². The quantitative estimate of drug-likeness (QED) is 0.532. The van der Waals surface area contributed by atoms with Crippen LogP contribution in [0.3, 0.4) is 0 Å². The molecule has 3 heteroatoms. The third-order valence-corrected chi connectivity index (χ3v) is 6.27. The Kier molecular flexibility index (Phi) is 2.97. The first kappa shape index (κ1) is 15.2. The molecule has 3 aliphatic rings. The van der Waals surface area contributed by atoms with Gasteiger partial charge in [-0.05, 0) is 67.5 Å². The fraction of sp³-hybridized carbons (Fsp3) is 0.250. The zero-order chi connectivity index (χ0) is 18.1. The van der Waals surface area contributed by atoms with E-state index >= 15 is 0 Å². The van der Waals surface area contributed by atoms with Crippen LogP contribution in [0.25, 0.3) is 34.2 Å². The third kappa shape index (κ3) is 1.97. The van der Waals surface area contributed by atoms with Crippen LogP contribution in [0, 0.1) is 6.92 Å². The van der Waals surface area contributed by atoms with Crippen molar-refractivity contribution in [1.29, 1.82) is 0 Å². The van der Waals surface area contributed by atoms with Gasteiger partial charge in [-0.1, -0.05) is 29.9 Å². The number of hydrogen-bond acceptors (Lipinski definition) is 2. The standard InChI is InChI=1S/C24H23N3/c1-14-11-12-20-18(13-14)22-16-8-4-3-7-15(16)21-17-9-5-6-10-19(17)25-23(21)24(22)27(2)26-20/h4,6,8,10-13,25-26H,3,5,7,9H2,1-2H3. The smallest absolute Gasteiger partial charge is 0.0895 e. The molecule has 2 aliphatic carbocycles. The molecule has 0 radical (unpaired) electrons. The molecule has 134 valence electrons. The normalized spacial score (nSPS) is 16.6. The van der Waals surface area contributed by atoms with Crippen molar-refractivity contribution in [3.8, 4) is 11.1 Å². The maximum atomic E-state index is 3.78. The van der Waals surface area contributed by atoms with Crippen LogP contribution in [0.15, 0.2) is 30.4 Å². The minimum absolute atomic E-state index is 1.13. The lowest BCUT2D eigenvalue weighted by molar-refractivity contribution is 0.973. The van der Waals surface area contributed by atoms with Gasteiger partial charge >= 0.3 is 0 Å². The monoisotopic (exact) mass is 353 g/mol. The topological polar surface area (TPSA) is 31.1 Å². The van der Waals surface area contributed by atoms with E-state index in [1.54, 1.807) is 0 Å². The number of aromatic amines is 1. The van der Waals surface area contributed by atoms with Crippen molar-refractivity contribution < 1.29 is 0 Å². The van der Waals surface area contributed by atoms with Crippen LogP contribution in [0.1, 0.15) is 40.8 Å². The molecule has 2 heterocycles. The zero-order valence-corrected chi connectivity index (χ0v) is 15.8. The number of hydrazine groups is 1. The molecular formula is C24H23N3. The van der Waals surface area contributed by atoms with Crippen LogP contribution in [-0.4, -0.2) is 12.0 Å². The Bertz CT molecular complexity index is 1180. The van der Waals surface area contributed by atoms with Crippen LogP contribution in [-0.2, 0) is 12.8 Å². The molecule has 0 amide bonds. The fourth-order valence-electron chi connectivity index (χ4n) is 5.12. The van der Waals surface area contributed by atoms with Crippen LogP contribution < -0.4 is 10.4 Å². The first-order chi connectivity index (χ1) is 13.2. The second-order valence-corrected chi connectivity index (χ2v) is 7.99. The molecule has 27 heavy (non-hydrogen) atoms. The van der Waals surface area contributed by atoms with Gasteiger partial charge < -0.3 is 4.98 Å². The van der Waals surface area contributed by atoms with Crippen LogP contribution in [0.4, 0.5) is 11.4 Å². The number of aryl methyl sites for hydroxylation is 3. The molecule has 0 unspecified atom stereocenters. The molecule has 3 aromatic rings. The van der Waals surface area contributed by atoms with Crippen molar-refractivity contribution in [2.45, 2.75) is 32.6 Å². The van der Waals surface area contributed by atoms with E-state index in [4.69, 9.17) is 0 Å². The first-order valence-electron chi connectivity index (χ1n) is 9.90. The number of hydrogen-bond donors (Lipinski definition) is 2. The summed E-state index contributed by atoms with van der Waals surface area (Å²) in [6.07, 6.45) is 13.8. The number of nitrogens with zero attached hydrogens (tertiary/aromatic N) is 1. The Morgan fingerprint density at radius 1 is 1.00 bits per heavy atom. The molecule has 0 spiro atoms. The van der Waals surface area contributed by atoms with Gasteiger partial charge in [0.15, 0.2) is 0 Å². The molecule has 0 fully saturated rings. The Labute approximate surface area is 159 Å². The summed E-state index contributed by atoms with van der Waals surface area (Å²) in [5.74, 6) is 0. The summed E-state index contributed by atoms with van der Waals surface area (Å²) >= 11 is 0. The van der Waals surface area contributed by atoms with Gasteiger partial charge in [-0.15, -0.1) is 0 Å². The van der Waals surface area contributed by atoms with Gasteiger partial charge in [0, 0.05) is 29.3 Å². The highest BCUT2D eigenvalue weighted by Gasteiger charge is 2.30. The van der Waals surface area contributed by atoms with Crippen molar-refractivity contribution in [2.24, 2.45) is 0 Å². The highest BCUT2D eigenvalue weighted by molar-refractivity contribution is 6.12. The Morgan fingerprint density at radius 3 is 2.70 bits per heavy atom. The molecule has 0 atom stereocenters. The predicted molar refractivity (Wildman–Crippen MR) is 115 cm³/mol. The van der Waals surface area contributed by atoms with Crippen molar-refractivity contribution in [1.82, 2.24) is 4.98 Å². The Hall–Kier alpha value is -2.94. The van der Waals surface area contributed by atoms with Gasteiger partial charge in [0.2, 0.25) is 0 Å². The van der Waals surface area contributed by atoms with Gasteiger partial charge in [0.25, 0.3) is 0 Å². The molecule has 2 N–H and O–H groups in total. The van der Waals surface area contributed by atoms with E-state index in [0.717, 1.165) is 25.7 Å². The molecular weight excluding hydrogens is 330 g/mol. The number of aromatic nitrogens is 1. The van der Waals surface area contributed by atoms with E-state index in [-0.39, 0.29) is 0 Å². The van der Waals surface area contributed by atoms with E-state index in [2.05, 4.69) is 71.9 Å². The van der Waals surface area contributed by atoms with Crippen LogP contribution in [0.2, 0.25) is 0 Å². The second kappa shape index (κ2) is 5.29. The maximum absolute atomic E-state index is 3.78. The Morgan fingerprint density at radius 2 is 1.81 bits per heavy atom. The third-order valence-electron chi connectivity index (χ3n) is 6.27. The minimum atomic E-state index is 1.13. The SMILES string of the molecule is Cc1ccc2c(c1)-c1c3c(c4c5c([nH]c4c1N(C)N2)C=CCC5)CCC=C3. The lowest BCUT2D eigenvalue weighted by Gasteiger charge is -2.34. The molecule has 0 bridgehead atoms. The lowest BCUT2D eigenvalue weighted by atomic mass is 9.83. The largest absolute Gasteiger partial charge is 0.353 e. The van der Waals surface area contributed by atoms with Gasteiger partial charge in [0.1, 0.15) is 0 Å². The number of allylic oxidation sites excluding steroid dienone is 2. The van der Waals surface area contributed by atoms with Gasteiger partial charge in [-0.3, -0.25) is 10.4 Å². The summed E-state index contributed by atoms with van der Waals surface area (Å²) in [6.45, 7) is 2.18. The van der Waals surface area contributed by atoms with Crippen molar-refractivity contribution >= 4 is 34.4 Å². The second-order valence-electron chi connectivity index (χ2n) is 7.99. The summed E-state index contributed by atoms with van der Waals surface area (Å²) in [7, 11) is 2.13. The van der Waals surface area contributed by atoms with Gasteiger partial charge in [0.05, 0.1) is 16.9 Å². The zero-order valence-electron chi connectivity index (χ0n) is 15.8. The van der Waals surface area contributed by atoms with Gasteiger partial charge in [-0.25, -0.2) is 0 Å². The summed E-state index contributed by atoms with van der Waals surface area (Å²) in [4.78, 5) is 3.78. The lowest BCUT2D eigenvalue weighted by Crippen LogP contribution is -2.29. The molecule has 6 rings (SSSR count). The van der Waals surface area contributed by atoms with Crippen molar-refractivity contribution in [3.05, 3.63) is 58.3 Å².